The summed E-state index contributed by atoms with van der Waals surface area (Å²) >= 11 is 1.64. The average Bonchev–Trinajstić information content (AvgIpc) is 2.96. The molecule has 0 aliphatic rings. The van der Waals surface area contributed by atoms with Crippen molar-refractivity contribution >= 4 is 33.3 Å². The topological polar surface area (TPSA) is 76.1 Å². The minimum atomic E-state index is -0.393. The molecule has 0 radical (unpaired) electrons. The molecule has 148 valence electrons. The first-order valence-corrected chi connectivity index (χ1v) is 10.1. The fourth-order valence-corrected chi connectivity index (χ4v) is 4.14. The van der Waals surface area contributed by atoms with Crippen molar-refractivity contribution in [2.45, 2.75) is 40.2 Å². The van der Waals surface area contributed by atoms with E-state index in [1.54, 1.807) is 18.4 Å². The number of fused-ring (bicyclic) bond motifs is 1. The molecule has 2 aromatic heterocycles. The number of aromatic nitrogens is 2. The number of nitrogens with one attached hydrogen (secondary N) is 2. The highest BCUT2D eigenvalue weighted by Crippen LogP contribution is 2.32. The number of carbonyl (C=O) groups excluding carboxylic acids is 1. The molecule has 28 heavy (non-hydrogen) atoms. The molecule has 7 heteroatoms. The summed E-state index contributed by atoms with van der Waals surface area (Å²) in [5.74, 6) is 1.53. The third-order valence-electron chi connectivity index (χ3n) is 4.88. The summed E-state index contributed by atoms with van der Waals surface area (Å²) in [6, 6.07) is 5.68. The number of carbonyl (C=O) groups is 1. The van der Waals surface area contributed by atoms with Gasteiger partial charge in [-0.05, 0) is 56.9 Å². The van der Waals surface area contributed by atoms with Crippen LogP contribution in [0, 0.1) is 20.8 Å². The molecule has 6 nitrogen and oxygen atoms in total. The number of ether oxygens (including phenoxy) is 1. The quantitative estimate of drug-likeness (QED) is 0.633. The highest BCUT2D eigenvalue weighted by molar-refractivity contribution is 7.18. The number of nitrogens with zero attached hydrogens (tertiary/aromatic N) is 2. The molecule has 0 aliphatic heterocycles. The minimum Gasteiger partial charge on any atom is -0.496 e. The van der Waals surface area contributed by atoms with Crippen molar-refractivity contribution in [1.82, 2.24) is 15.3 Å². The number of benzene rings is 1. The fourth-order valence-electron chi connectivity index (χ4n) is 3.14. The highest BCUT2D eigenvalue weighted by atomic mass is 32.1. The summed E-state index contributed by atoms with van der Waals surface area (Å²) < 4.78 is 5.28. The number of rotatable bonds is 7. The van der Waals surface area contributed by atoms with Gasteiger partial charge < -0.3 is 15.4 Å². The van der Waals surface area contributed by atoms with Gasteiger partial charge in [-0.2, -0.15) is 0 Å². The highest BCUT2D eigenvalue weighted by Gasteiger charge is 2.17. The molecule has 2 N–H and O–H groups in total. The van der Waals surface area contributed by atoms with Crippen LogP contribution in [0.3, 0.4) is 0 Å². The third-order valence-corrected chi connectivity index (χ3v) is 6.00. The Hall–Kier alpha value is -2.67. The van der Waals surface area contributed by atoms with Crippen LogP contribution >= 0.6 is 11.3 Å². The van der Waals surface area contributed by atoms with Crippen molar-refractivity contribution in [3.8, 4) is 5.75 Å². The van der Waals surface area contributed by atoms with Crippen molar-refractivity contribution in [3.63, 3.8) is 0 Å². The van der Waals surface area contributed by atoms with Crippen molar-refractivity contribution < 1.29 is 9.53 Å². The van der Waals surface area contributed by atoms with E-state index in [1.165, 1.54) is 16.8 Å². The zero-order chi connectivity index (χ0) is 20.3. The van der Waals surface area contributed by atoms with E-state index in [9.17, 15) is 4.79 Å². The van der Waals surface area contributed by atoms with Gasteiger partial charge in [0.05, 0.1) is 12.5 Å². The van der Waals surface area contributed by atoms with Crippen LogP contribution < -0.4 is 15.4 Å². The van der Waals surface area contributed by atoms with E-state index >= 15 is 0 Å². The van der Waals surface area contributed by atoms with E-state index in [0.29, 0.717) is 12.4 Å². The van der Waals surface area contributed by atoms with Crippen molar-refractivity contribution in [2.24, 2.45) is 0 Å². The second-order valence-electron chi connectivity index (χ2n) is 6.90. The number of aryl methyl sites for hydroxylation is 3. The Labute approximate surface area is 169 Å². The molecular formula is C21H26N4O2S. The predicted molar refractivity (Wildman–Crippen MR) is 114 cm³/mol. The lowest BCUT2D eigenvalue weighted by atomic mass is 10.1. The maximum Gasteiger partial charge on any atom is 0.242 e. The van der Waals surface area contributed by atoms with Crippen LogP contribution in [0.15, 0.2) is 24.5 Å². The molecule has 3 aromatic rings. The minimum absolute atomic E-state index is 0.0541. The number of methoxy groups -OCH3 is 1. The lowest BCUT2D eigenvalue weighted by Crippen LogP contribution is -2.38. The van der Waals surface area contributed by atoms with E-state index in [-0.39, 0.29) is 5.91 Å². The molecule has 2 heterocycles. The van der Waals surface area contributed by atoms with E-state index < -0.39 is 6.04 Å². The van der Waals surface area contributed by atoms with Crippen molar-refractivity contribution in [1.29, 1.82) is 0 Å². The van der Waals surface area contributed by atoms with Gasteiger partial charge in [0, 0.05) is 11.4 Å². The number of thiophene rings is 1. The first-order chi connectivity index (χ1) is 13.4. The fraction of sp³-hybridized carbons (Fsp3) is 0.381. The van der Waals surface area contributed by atoms with Crippen molar-refractivity contribution in [2.75, 3.05) is 19.0 Å². The molecule has 1 amide bonds. The summed E-state index contributed by atoms with van der Waals surface area (Å²) in [7, 11) is 1.67. The Morgan fingerprint density at radius 3 is 2.75 bits per heavy atom. The SMILES string of the molecule is COc1ccc(CCNC(=O)[C@@H](C)Nc2ncnc3sc(C)c(C)c23)cc1C. The summed E-state index contributed by atoms with van der Waals surface area (Å²) in [5, 5.41) is 7.23. The molecule has 0 saturated carbocycles. The summed E-state index contributed by atoms with van der Waals surface area (Å²) in [6.07, 6.45) is 2.31. The second-order valence-corrected chi connectivity index (χ2v) is 8.10. The van der Waals surface area contributed by atoms with E-state index in [1.807, 2.05) is 26.0 Å². The molecule has 0 spiro atoms. The molecule has 1 atom stereocenters. The maximum absolute atomic E-state index is 12.5. The Kier molecular flexibility index (Phi) is 6.14. The zero-order valence-corrected chi connectivity index (χ0v) is 17.7. The van der Waals surface area contributed by atoms with Gasteiger partial charge in [0.25, 0.3) is 0 Å². The molecule has 0 saturated heterocycles. The largest absolute Gasteiger partial charge is 0.496 e. The molecule has 0 unspecified atom stereocenters. The van der Waals surface area contributed by atoms with Gasteiger partial charge in [0.2, 0.25) is 5.91 Å². The van der Waals surface area contributed by atoms with Gasteiger partial charge in [0.1, 0.15) is 28.8 Å². The maximum atomic E-state index is 12.5. The Bertz CT molecular complexity index is 999. The second kappa shape index (κ2) is 8.56. The molecule has 1 aromatic carbocycles. The van der Waals surface area contributed by atoms with Gasteiger partial charge in [0.15, 0.2) is 0 Å². The number of hydrogen-bond acceptors (Lipinski definition) is 6. The summed E-state index contributed by atoms with van der Waals surface area (Å²) in [5.41, 5.74) is 3.42. The van der Waals surface area contributed by atoms with Crippen LogP contribution in [0.25, 0.3) is 10.2 Å². The summed E-state index contributed by atoms with van der Waals surface area (Å²) in [4.78, 5) is 23.3. The lowest BCUT2D eigenvalue weighted by Gasteiger charge is -2.15. The van der Waals surface area contributed by atoms with Crippen LogP contribution in [0.1, 0.15) is 28.5 Å². The van der Waals surface area contributed by atoms with Crippen LogP contribution in [0.5, 0.6) is 5.75 Å². The summed E-state index contributed by atoms with van der Waals surface area (Å²) in [6.45, 7) is 8.57. The first-order valence-electron chi connectivity index (χ1n) is 9.29. The average molecular weight is 399 g/mol. The Morgan fingerprint density at radius 1 is 1.25 bits per heavy atom. The van der Waals surface area contributed by atoms with E-state index in [0.717, 1.165) is 33.5 Å². The molecule has 0 aliphatic carbocycles. The van der Waals surface area contributed by atoms with Crippen LogP contribution in [0.2, 0.25) is 0 Å². The standard InChI is InChI=1S/C21H26N4O2S/c1-12-10-16(6-7-17(12)27-5)8-9-22-20(26)14(3)25-19-18-13(2)15(4)28-21(18)24-11-23-19/h6-7,10-11,14H,8-9H2,1-5H3,(H,22,26)(H,23,24,25)/t14-/m1/s1. The van der Waals surface area contributed by atoms with E-state index in [4.69, 9.17) is 4.74 Å². The number of hydrogen-bond donors (Lipinski definition) is 2. The smallest absolute Gasteiger partial charge is 0.242 e. The van der Waals surface area contributed by atoms with Gasteiger partial charge >= 0.3 is 0 Å². The van der Waals surface area contributed by atoms with Gasteiger partial charge in [-0.15, -0.1) is 11.3 Å². The molecule has 0 fully saturated rings. The van der Waals surface area contributed by atoms with Gasteiger partial charge in [-0.1, -0.05) is 12.1 Å². The van der Waals surface area contributed by atoms with Crippen LogP contribution in [0.4, 0.5) is 5.82 Å². The van der Waals surface area contributed by atoms with E-state index in [2.05, 4.69) is 40.5 Å². The Morgan fingerprint density at radius 2 is 2.04 bits per heavy atom. The van der Waals surface area contributed by atoms with Gasteiger partial charge in [-0.25, -0.2) is 9.97 Å². The molecular weight excluding hydrogens is 372 g/mol. The Balaban J connectivity index is 1.59. The lowest BCUT2D eigenvalue weighted by molar-refractivity contribution is -0.121. The van der Waals surface area contributed by atoms with Gasteiger partial charge in [-0.3, -0.25) is 4.79 Å². The van der Waals surface area contributed by atoms with Crippen molar-refractivity contribution in [3.05, 3.63) is 46.1 Å². The number of amides is 1. The number of anilines is 1. The molecule has 0 bridgehead atoms. The zero-order valence-electron chi connectivity index (χ0n) is 16.9. The van der Waals surface area contributed by atoms with Crippen LogP contribution in [-0.2, 0) is 11.2 Å². The third kappa shape index (κ3) is 4.25. The van der Waals surface area contributed by atoms with Crippen LogP contribution in [-0.4, -0.2) is 35.6 Å². The monoisotopic (exact) mass is 398 g/mol. The molecule has 3 rings (SSSR count). The normalized spacial score (nSPS) is 12.0. The first kappa shape index (κ1) is 20.1. The predicted octanol–water partition coefficient (Wildman–Crippen LogP) is 3.78.